The van der Waals surface area contributed by atoms with E-state index in [1.54, 1.807) is 24.3 Å². The third kappa shape index (κ3) is 3.15. The highest BCUT2D eigenvalue weighted by atomic mass is 35.5. The van der Waals surface area contributed by atoms with Crippen molar-refractivity contribution in [2.45, 2.75) is 20.0 Å². The van der Waals surface area contributed by atoms with E-state index in [9.17, 15) is 9.90 Å². The lowest BCUT2D eigenvalue weighted by Gasteiger charge is -2.00. The van der Waals surface area contributed by atoms with Crippen molar-refractivity contribution in [2.75, 3.05) is 6.54 Å². The van der Waals surface area contributed by atoms with Crippen molar-refractivity contribution in [1.82, 2.24) is 20.3 Å². The van der Waals surface area contributed by atoms with Crippen LogP contribution in [0.4, 0.5) is 0 Å². The van der Waals surface area contributed by atoms with E-state index in [1.165, 1.54) is 4.80 Å². The van der Waals surface area contributed by atoms with Gasteiger partial charge in [-0.1, -0.05) is 18.5 Å². The summed E-state index contributed by atoms with van der Waals surface area (Å²) in [6, 6.07) is 6.87. The summed E-state index contributed by atoms with van der Waals surface area (Å²) in [6.45, 7) is 2.16. The number of carbonyl (C=O) groups is 1. The fourth-order valence-corrected chi connectivity index (χ4v) is 1.76. The maximum atomic E-state index is 11.9. The Kier molecular flexibility index (Phi) is 4.70. The van der Waals surface area contributed by atoms with Crippen molar-refractivity contribution >= 4 is 17.5 Å². The molecule has 0 fully saturated rings. The first kappa shape index (κ1) is 14.5. The number of aromatic nitrogens is 3. The predicted octanol–water partition coefficient (Wildman–Crippen LogP) is 1.55. The van der Waals surface area contributed by atoms with E-state index >= 15 is 0 Å². The minimum Gasteiger partial charge on any atom is -0.390 e. The first-order chi connectivity index (χ1) is 9.65. The van der Waals surface area contributed by atoms with Crippen LogP contribution in [0.25, 0.3) is 5.69 Å². The van der Waals surface area contributed by atoms with E-state index in [0.717, 1.165) is 6.42 Å². The van der Waals surface area contributed by atoms with Crippen molar-refractivity contribution in [3.05, 3.63) is 40.7 Å². The molecule has 0 aliphatic rings. The standard InChI is InChI=1S/C13H15ClN4O2/c1-2-7-15-13(20)12-11(8-19)16-18(17-12)10-5-3-9(14)4-6-10/h3-6,19H,2,7-8H2,1H3,(H,15,20). The van der Waals surface area contributed by atoms with E-state index in [0.29, 0.717) is 17.3 Å². The highest BCUT2D eigenvalue weighted by molar-refractivity contribution is 6.30. The molecular weight excluding hydrogens is 280 g/mol. The van der Waals surface area contributed by atoms with Gasteiger partial charge in [0.2, 0.25) is 0 Å². The molecule has 2 rings (SSSR count). The Morgan fingerprint density at radius 3 is 2.65 bits per heavy atom. The lowest BCUT2D eigenvalue weighted by molar-refractivity contribution is 0.0945. The number of benzene rings is 1. The minimum absolute atomic E-state index is 0.135. The number of aliphatic hydroxyl groups is 1. The average molecular weight is 295 g/mol. The van der Waals surface area contributed by atoms with Gasteiger partial charge >= 0.3 is 0 Å². The third-order valence-electron chi connectivity index (χ3n) is 2.64. The van der Waals surface area contributed by atoms with Crippen molar-refractivity contribution in [3.8, 4) is 5.69 Å². The number of halogens is 1. The normalized spacial score (nSPS) is 10.6. The molecule has 1 heterocycles. The van der Waals surface area contributed by atoms with E-state index in [2.05, 4.69) is 15.5 Å². The van der Waals surface area contributed by atoms with Crippen LogP contribution in [0.3, 0.4) is 0 Å². The molecule has 0 aliphatic heterocycles. The fourth-order valence-electron chi connectivity index (χ4n) is 1.63. The minimum atomic E-state index is -0.345. The molecule has 0 bridgehead atoms. The molecule has 0 radical (unpaired) electrons. The van der Waals surface area contributed by atoms with Crippen LogP contribution in [-0.4, -0.2) is 32.6 Å². The Balaban J connectivity index is 2.30. The first-order valence-electron chi connectivity index (χ1n) is 6.27. The molecule has 0 spiro atoms. The molecule has 6 nitrogen and oxygen atoms in total. The van der Waals surface area contributed by atoms with Gasteiger partial charge in [-0.15, -0.1) is 10.2 Å². The zero-order valence-electron chi connectivity index (χ0n) is 11.0. The zero-order valence-corrected chi connectivity index (χ0v) is 11.8. The average Bonchev–Trinajstić information content (AvgIpc) is 2.89. The van der Waals surface area contributed by atoms with Gasteiger partial charge < -0.3 is 10.4 Å². The molecule has 20 heavy (non-hydrogen) atoms. The largest absolute Gasteiger partial charge is 0.390 e. The number of nitrogens with zero attached hydrogens (tertiary/aromatic N) is 3. The lowest BCUT2D eigenvalue weighted by Crippen LogP contribution is -2.25. The number of hydrogen-bond donors (Lipinski definition) is 2. The summed E-state index contributed by atoms with van der Waals surface area (Å²) in [5, 5.41) is 20.8. The van der Waals surface area contributed by atoms with E-state index in [4.69, 9.17) is 11.6 Å². The van der Waals surface area contributed by atoms with Gasteiger partial charge in [0, 0.05) is 11.6 Å². The Morgan fingerprint density at radius 2 is 2.05 bits per heavy atom. The highest BCUT2D eigenvalue weighted by Crippen LogP contribution is 2.13. The molecule has 1 aromatic carbocycles. The maximum Gasteiger partial charge on any atom is 0.273 e. The second kappa shape index (κ2) is 6.49. The van der Waals surface area contributed by atoms with Crippen LogP contribution < -0.4 is 5.32 Å². The van der Waals surface area contributed by atoms with E-state index in [-0.39, 0.29) is 23.9 Å². The second-order valence-corrected chi connectivity index (χ2v) is 4.61. The van der Waals surface area contributed by atoms with E-state index < -0.39 is 0 Å². The Hall–Kier alpha value is -1.92. The molecule has 0 unspecified atom stereocenters. The van der Waals surface area contributed by atoms with Crippen molar-refractivity contribution < 1.29 is 9.90 Å². The van der Waals surface area contributed by atoms with Crippen molar-refractivity contribution in [2.24, 2.45) is 0 Å². The molecule has 1 amide bonds. The molecular formula is C13H15ClN4O2. The van der Waals surface area contributed by atoms with Crippen LogP contribution in [0, 0.1) is 0 Å². The quantitative estimate of drug-likeness (QED) is 0.877. The summed E-state index contributed by atoms with van der Waals surface area (Å²) in [5.74, 6) is -0.337. The molecule has 1 aromatic heterocycles. The van der Waals surface area contributed by atoms with Gasteiger partial charge in [0.05, 0.1) is 12.3 Å². The summed E-state index contributed by atoms with van der Waals surface area (Å²) in [4.78, 5) is 13.2. The number of rotatable bonds is 5. The predicted molar refractivity (Wildman–Crippen MR) is 74.9 cm³/mol. The zero-order chi connectivity index (χ0) is 14.5. The lowest BCUT2D eigenvalue weighted by atomic mass is 10.3. The van der Waals surface area contributed by atoms with Crippen LogP contribution in [-0.2, 0) is 6.61 Å². The monoisotopic (exact) mass is 294 g/mol. The molecule has 0 atom stereocenters. The van der Waals surface area contributed by atoms with Gasteiger partial charge in [0.25, 0.3) is 5.91 Å². The molecule has 106 valence electrons. The third-order valence-corrected chi connectivity index (χ3v) is 2.89. The molecule has 2 aromatic rings. The van der Waals surface area contributed by atoms with Crippen LogP contribution in [0.15, 0.2) is 24.3 Å². The van der Waals surface area contributed by atoms with Gasteiger partial charge in [-0.3, -0.25) is 4.79 Å². The fraction of sp³-hybridized carbons (Fsp3) is 0.308. The van der Waals surface area contributed by atoms with Crippen molar-refractivity contribution in [1.29, 1.82) is 0 Å². The van der Waals surface area contributed by atoms with Gasteiger partial charge in [-0.2, -0.15) is 4.80 Å². The van der Waals surface area contributed by atoms with Gasteiger partial charge in [-0.05, 0) is 30.7 Å². The van der Waals surface area contributed by atoms with Gasteiger partial charge in [0.1, 0.15) is 5.69 Å². The second-order valence-electron chi connectivity index (χ2n) is 4.18. The first-order valence-corrected chi connectivity index (χ1v) is 6.64. The number of amides is 1. The SMILES string of the molecule is CCCNC(=O)c1nn(-c2ccc(Cl)cc2)nc1CO. The number of nitrogens with one attached hydrogen (secondary N) is 1. The summed E-state index contributed by atoms with van der Waals surface area (Å²) < 4.78 is 0. The van der Waals surface area contributed by atoms with Gasteiger partial charge in [-0.25, -0.2) is 0 Å². The molecule has 0 aliphatic carbocycles. The van der Waals surface area contributed by atoms with Crippen molar-refractivity contribution in [3.63, 3.8) is 0 Å². The molecule has 2 N–H and O–H groups in total. The number of carbonyl (C=O) groups excluding carboxylic acids is 1. The Labute approximate surface area is 121 Å². The number of hydrogen-bond acceptors (Lipinski definition) is 4. The molecule has 7 heteroatoms. The summed E-state index contributed by atoms with van der Waals surface area (Å²) in [6.07, 6.45) is 0.825. The van der Waals surface area contributed by atoms with Crippen LogP contribution in [0.2, 0.25) is 5.02 Å². The van der Waals surface area contributed by atoms with Crippen LogP contribution in [0.5, 0.6) is 0 Å². The summed E-state index contributed by atoms with van der Waals surface area (Å²) in [7, 11) is 0. The Morgan fingerprint density at radius 1 is 1.35 bits per heavy atom. The number of aliphatic hydroxyl groups excluding tert-OH is 1. The van der Waals surface area contributed by atoms with Crippen LogP contribution in [0.1, 0.15) is 29.5 Å². The summed E-state index contributed by atoms with van der Waals surface area (Å²) in [5.41, 5.74) is 1.04. The maximum absolute atomic E-state index is 11.9. The van der Waals surface area contributed by atoms with E-state index in [1.807, 2.05) is 6.92 Å². The van der Waals surface area contributed by atoms with Gasteiger partial charge in [0.15, 0.2) is 5.69 Å². The summed E-state index contributed by atoms with van der Waals surface area (Å²) >= 11 is 5.82. The Bertz CT molecular complexity index is 595. The molecule has 0 saturated heterocycles. The van der Waals surface area contributed by atoms with Crippen LogP contribution >= 0.6 is 11.6 Å². The molecule has 0 saturated carbocycles. The smallest absolute Gasteiger partial charge is 0.273 e. The highest BCUT2D eigenvalue weighted by Gasteiger charge is 2.18. The topological polar surface area (TPSA) is 80.0 Å².